The predicted molar refractivity (Wildman–Crippen MR) is 71.5 cm³/mol. The van der Waals surface area contributed by atoms with Crippen LogP contribution in [0.15, 0.2) is 18.5 Å². The first kappa shape index (κ1) is 14.0. The monoisotopic (exact) mass is 236 g/mol. The predicted octanol–water partition coefficient (Wildman–Crippen LogP) is 2.83. The Bertz CT molecular complexity index is 339. The fourth-order valence-electron chi connectivity index (χ4n) is 1.72. The summed E-state index contributed by atoms with van der Waals surface area (Å²) >= 11 is 0. The third-order valence-electron chi connectivity index (χ3n) is 3.20. The zero-order valence-electron chi connectivity index (χ0n) is 11.5. The van der Waals surface area contributed by atoms with E-state index in [-0.39, 0.29) is 0 Å². The Kier molecular flexibility index (Phi) is 5.42. The molecule has 96 valence electrons. The maximum absolute atomic E-state index is 5.20. The van der Waals surface area contributed by atoms with E-state index in [1.54, 1.807) is 13.3 Å². The van der Waals surface area contributed by atoms with Crippen LogP contribution >= 0.6 is 0 Å². The molecule has 1 heterocycles. The van der Waals surface area contributed by atoms with E-state index in [4.69, 9.17) is 4.74 Å². The molecule has 0 saturated carbocycles. The molecule has 0 aromatic carbocycles. The van der Waals surface area contributed by atoms with Gasteiger partial charge in [0.2, 0.25) is 0 Å². The number of hydrogen-bond donors (Lipinski definition) is 1. The molecule has 0 bridgehead atoms. The van der Waals surface area contributed by atoms with Crippen molar-refractivity contribution in [2.45, 2.75) is 39.7 Å². The standard InChI is InChI=1S/C14H24N2O/c1-10(2)16-7-11(3)12(4)13-6-14(17-5)9-15-8-13/h6,8-12,16H,7H2,1-5H3. The first-order valence-corrected chi connectivity index (χ1v) is 6.27. The molecule has 3 nitrogen and oxygen atoms in total. The van der Waals surface area contributed by atoms with Crippen LogP contribution in [-0.4, -0.2) is 24.7 Å². The van der Waals surface area contributed by atoms with Crippen molar-refractivity contribution in [3.8, 4) is 5.75 Å². The van der Waals surface area contributed by atoms with Gasteiger partial charge in [0.25, 0.3) is 0 Å². The molecule has 1 rings (SSSR count). The van der Waals surface area contributed by atoms with E-state index in [0.29, 0.717) is 17.9 Å². The summed E-state index contributed by atoms with van der Waals surface area (Å²) in [5.74, 6) is 1.88. The van der Waals surface area contributed by atoms with Gasteiger partial charge in [-0.1, -0.05) is 27.7 Å². The van der Waals surface area contributed by atoms with Gasteiger partial charge in [-0.2, -0.15) is 0 Å². The fraction of sp³-hybridized carbons (Fsp3) is 0.643. The van der Waals surface area contributed by atoms with Gasteiger partial charge in [0.15, 0.2) is 0 Å². The number of nitrogens with zero attached hydrogens (tertiary/aromatic N) is 1. The lowest BCUT2D eigenvalue weighted by Crippen LogP contribution is -2.29. The summed E-state index contributed by atoms with van der Waals surface area (Å²) in [5, 5.41) is 3.47. The number of ether oxygens (including phenoxy) is 1. The van der Waals surface area contributed by atoms with Gasteiger partial charge in [0, 0.05) is 12.2 Å². The Morgan fingerprint density at radius 2 is 1.94 bits per heavy atom. The van der Waals surface area contributed by atoms with Crippen LogP contribution < -0.4 is 10.1 Å². The molecular formula is C14H24N2O. The zero-order chi connectivity index (χ0) is 12.8. The Morgan fingerprint density at radius 3 is 2.53 bits per heavy atom. The van der Waals surface area contributed by atoms with Crippen LogP contribution in [0, 0.1) is 5.92 Å². The summed E-state index contributed by atoms with van der Waals surface area (Å²) in [5.41, 5.74) is 1.24. The fourth-order valence-corrected chi connectivity index (χ4v) is 1.72. The highest BCUT2D eigenvalue weighted by molar-refractivity contribution is 5.26. The average molecular weight is 236 g/mol. The number of pyridine rings is 1. The maximum Gasteiger partial charge on any atom is 0.137 e. The average Bonchev–Trinajstić information content (AvgIpc) is 2.35. The van der Waals surface area contributed by atoms with E-state index in [2.05, 4.69) is 44.1 Å². The molecule has 3 heteroatoms. The van der Waals surface area contributed by atoms with E-state index >= 15 is 0 Å². The van der Waals surface area contributed by atoms with Crippen molar-refractivity contribution < 1.29 is 4.74 Å². The number of nitrogens with one attached hydrogen (secondary N) is 1. The van der Waals surface area contributed by atoms with Crippen LogP contribution in [0.25, 0.3) is 0 Å². The van der Waals surface area contributed by atoms with Crippen LogP contribution in [0.2, 0.25) is 0 Å². The van der Waals surface area contributed by atoms with Gasteiger partial charge in [-0.15, -0.1) is 0 Å². The quantitative estimate of drug-likeness (QED) is 0.824. The Hall–Kier alpha value is -1.09. The number of rotatable bonds is 6. The molecule has 0 aliphatic carbocycles. The summed E-state index contributed by atoms with van der Waals surface area (Å²) in [6.07, 6.45) is 3.67. The first-order chi connectivity index (χ1) is 8.04. The molecule has 0 saturated heterocycles. The van der Waals surface area contributed by atoms with E-state index in [9.17, 15) is 0 Å². The highest BCUT2D eigenvalue weighted by atomic mass is 16.5. The Balaban J connectivity index is 2.63. The highest BCUT2D eigenvalue weighted by Crippen LogP contribution is 2.25. The van der Waals surface area contributed by atoms with Crippen molar-refractivity contribution >= 4 is 0 Å². The van der Waals surface area contributed by atoms with Gasteiger partial charge in [0.05, 0.1) is 13.3 Å². The van der Waals surface area contributed by atoms with Crippen molar-refractivity contribution in [3.63, 3.8) is 0 Å². The minimum Gasteiger partial charge on any atom is -0.495 e. The van der Waals surface area contributed by atoms with E-state index in [1.807, 2.05) is 6.20 Å². The summed E-state index contributed by atoms with van der Waals surface area (Å²) in [6, 6.07) is 2.61. The van der Waals surface area contributed by atoms with Crippen molar-refractivity contribution in [2.24, 2.45) is 5.92 Å². The molecule has 0 spiro atoms. The maximum atomic E-state index is 5.20. The van der Waals surface area contributed by atoms with Gasteiger partial charge >= 0.3 is 0 Å². The second-order valence-corrected chi connectivity index (χ2v) is 4.99. The summed E-state index contributed by atoms with van der Waals surface area (Å²) in [6.45, 7) is 9.87. The molecule has 0 amide bonds. The van der Waals surface area contributed by atoms with E-state index in [1.165, 1.54) is 5.56 Å². The van der Waals surface area contributed by atoms with Crippen molar-refractivity contribution in [2.75, 3.05) is 13.7 Å². The third kappa shape index (κ3) is 4.35. The highest BCUT2D eigenvalue weighted by Gasteiger charge is 2.15. The van der Waals surface area contributed by atoms with Crippen LogP contribution in [-0.2, 0) is 0 Å². The molecule has 0 radical (unpaired) electrons. The topological polar surface area (TPSA) is 34.1 Å². The summed E-state index contributed by atoms with van der Waals surface area (Å²) in [7, 11) is 1.68. The lowest BCUT2D eigenvalue weighted by Gasteiger charge is -2.22. The molecule has 1 aromatic heterocycles. The van der Waals surface area contributed by atoms with Crippen molar-refractivity contribution in [1.29, 1.82) is 0 Å². The SMILES string of the molecule is COc1cncc(C(C)C(C)CNC(C)C)c1. The van der Waals surface area contributed by atoms with Crippen LogP contribution in [0.1, 0.15) is 39.2 Å². The summed E-state index contributed by atoms with van der Waals surface area (Å²) < 4.78 is 5.20. The summed E-state index contributed by atoms with van der Waals surface area (Å²) in [4.78, 5) is 4.21. The van der Waals surface area contributed by atoms with Crippen LogP contribution in [0.4, 0.5) is 0 Å². The lowest BCUT2D eigenvalue weighted by atomic mass is 9.89. The van der Waals surface area contributed by atoms with Crippen molar-refractivity contribution in [3.05, 3.63) is 24.0 Å². The lowest BCUT2D eigenvalue weighted by molar-refractivity contribution is 0.405. The Labute approximate surface area is 105 Å². The zero-order valence-corrected chi connectivity index (χ0v) is 11.5. The molecule has 17 heavy (non-hydrogen) atoms. The van der Waals surface area contributed by atoms with E-state index < -0.39 is 0 Å². The van der Waals surface area contributed by atoms with Gasteiger partial charge in [0.1, 0.15) is 5.75 Å². The molecule has 2 unspecified atom stereocenters. The van der Waals surface area contributed by atoms with Gasteiger partial charge in [-0.3, -0.25) is 4.98 Å². The molecule has 0 aliphatic rings. The van der Waals surface area contributed by atoms with Gasteiger partial charge in [-0.05, 0) is 30.0 Å². The van der Waals surface area contributed by atoms with Crippen LogP contribution in [0.5, 0.6) is 5.75 Å². The number of aromatic nitrogens is 1. The molecule has 2 atom stereocenters. The first-order valence-electron chi connectivity index (χ1n) is 6.27. The normalized spacial score (nSPS) is 14.7. The largest absolute Gasteiger partial charge is 0.495 e. The minimum absolute atomic E-state index is 0.476. The van der Waals surface area contributed by atoms with E-state index in [0.717, 1.165) is 12.3 Å². The van der Waals surface area contributed by atoms with Crippen molar-refractivity contribution in [1.82, 2.24) is 10.3 Å². The second kappa shape index (κ2) is 6.60. The molecule has 0 fully saturated rings. The second-order valence-electron chi connectivity index (χ2n) is 4.99. The Morgan fingerprint density at radius 1 is 1.24 bits per heavy atom. The van der Waals surface area contributed by atoms with Crippen LogP contribution in [0.3, 0.4) is 0 Å². The van der Waals surface area contributed by atoms with Gasteiger partial charge < -0.3 is 10.1 Å². The smallest absolute Gasteiger partial charge is 0.137 e. The molecular weight excluding hydrogens is 212 g/mol. The molecule has 1 aromatic rings. The minimum atomic E-state index is 0.476. The third-order valence-corrected chi connectivity index (χ3v) is 3.20. The van der Waals surface area contributed by atoms with Gasteiger partial charge in [-0.25, -0.2) is 0 Å². The number of hydrogen-bond acceptors (Lipinski definition) is 3. The molecule has 0 aliphatic heterocycles. The molecule has 1 N–H and O–H groups in total. The number of methoxy groups -OCH3 is 1.